The summed E-state index contributed by atoms with van der Waals surface area (Å²) in [5.41, 5.74) is 4.41. The number of aromatic nitrogens is 1. The van der Waals surface area contributed by atoms with Crippen LogP contribution in [0, 0.1) is 12.7 Å². The van der Waals surface area contributed by atoms with E-state index in [0.717, 1.165) is 48.2 Å². The Morgan fingerprint density at radius 2 is 1.97 bits per heavy atom. The van der Waals surface area contributed by atoms with Crippen LogP contribution in [0.1, 0.15) is 58.6 Å². The van der Waals surface area contributed by atoms with Crippen molar-refractivity contribution >= 4 is 11.7 Å². The van der Waals surface area contributed by atoms with E-state index in [1.807, 2.05) is 6.92 Å². The van der Waals surface area contributed by atoms with E-state index in [9.17, 15) is 19.1 Å². The second-order valence-electron chi connectivity index (χ2n) is 8.19. The molecule has 2 heterocycles. The van der Waals surface area contributed by atoms with E-state index < -0.39 is 6.10 Å². The van der Waals surface area contributed by atoms with Crippen LogP contribution < -0.4 is 0 Å². The van der Waals surface area contributed by atoms with Crippen LogP contribution in [-0.4, -0.2) is 45.5 Å². The molecule has 0 radical (unpaired) electrons. The molecular formula is C23H27FN2O3. The van der Waals surface area contributed by atoms with Crippen LogP contribution >= 0.6 is 0 Å². The number of rotatable bonds is 4. The van der Waals surface area contributed by atoms with Crippen LogP contribution in [0.25, 0.3) is 0 Å². The first-order valence-corrected chi connectivity index (χ1v) is 10.4. The van der Waals surface area contributed by atoms with Gasteiger partial charge in [-0.3, -0.25) is 9.59 Å². The topological polar surface area (TPSA) is 62.5 Å². The lowest BCUT2D eigenvalue weighted by Gasteiger charge is -2.30. The van der Waals surface area contributed by atoms with Gasteiger partial charge in [0.2, 0.25) is 5.91 Å². The lowest BCUT2D eigenvalue weighted by atomic mass is 9.91. The Labute approximate surface area is 170 Å². The van der Waals surface area contributed by atoms with Crippen molar-refractivity contribution in [3.8, 4) is 0 Å². The van der Waals surface area contributed by atoms with Crippen LogP contribution in [0.5, 0.6) is 0 Å². The summed E-state index contributed by atoms with van der Waals surface area (Å²) in [5.74, 6) is -0.203. The van der Waals surface area contributed by atoms with E-state index in [0.29, 0.717) is 31.6 Å². The number of halogens is 1. The van der Waals surface area contributed by atoms with Crippen LogP contribution in [0.2, 0.25) is 0 Å². The quantitative estimate of drug-likeness (QED) is 0.861. The number of carbonyl (C=O) groups is 2. The zero-order valence-corrected chi connectivity index (χ0v) is 16.8. The maximum Gasteiger partial charge on any atom is 0.227 e. The molecule has 0 spiro atoms. The Hall–Kier alpha value is -2.47. The van der Waals surface area contributed by atoms with Gasteiger partial charge in [-0.2, -0.15) is 0 Å². The molecule has 1 aromatic carbocycles. The van der Waals surface area contributed by atoms with Crippen molar-refractivity contribution in [3.63, 3.8) is 0 Å². The van der Waals surface area contributed by atoms with Gasteiger partial charge in [-0.15, -0.1) is 0 Å². The highest BCUT2D eigenvalue weighted by atomic mass is 19.1. The average Bonchev–Trinajstić information content (AvgIpc) is 2.96. The lowest BCUT2D eigenvalue weighted by Crippen LogP contribution is -2.43. The minimum absolute atomic E-state index is 0.0352. The molecule has 1 aliphatic heterocycles. The normalized spacial score (nSPS) is 19.3. The summed E-state index contributed by atoms with van der Waals surface area (Å²) in [6, 6.07) is 6.40. The lowest BCUT2D eigenvalue weighted by molar-refractivity contribution is -0.133. The molecule has 0 bridgehead atoms. The number of hydrogen-bond acceptors (Lipinski definition) is 3. The van der Waals surface area contributed by atoms with E-state index in [2.05, 4.69) is 4.57 Å². The number of Topliss-reactive ketones (excluding diaryl/α,β-unsaturated/α-hetero) is 1. The monoisotopic (exact) mass is 398 g/mol. The molecule has 0 saturated carbocycles. The predicted octanol–water partition coefficient (Wildman–Crippen LogP) is 3.03. The van der Waals surface area contributed by atoms with Gasteiger partial charge in [0.1, 0.15) is 5.82 Å². The summed E-state index contributed by atoms with van der Waals surface area (Å²) in [6.07, 6.45) is 3.37. The smallest absolute Gasteiger partial charge is 0.227 e. The molecular weight excluding hydrogens is 371 g/mol. The number of benzene rings is 1. The van der Waals surface area contributed by atoms with Gasteiger partial charge in [0, 0.05) is 43.0 Å². The Bertz CT molecular complexity index is 933. The number of carbonyl (C=O) groups excluding carboxylic acids is 2. The number of hydrogen-bond donors (Lipinski definition) is 1. The summed E-state index contributed by atoms with van der Waals surface area (Å²) in [4.78, 5) is 27.4. The molecule has 1 unspecified atom stereocenters. The van der Waals surface area contributed by atoms with Crippen molar-refractivity contribution in [2.24, 2.45) is 0 Å². The third-order valence-corrected chi connectivity index (χ3v) is 6.19. The molecule has 1 fully saturated rings. The maximum atomic E-state index is 13.3. The van der Waals surface area contributed by atoms with E-state index in [-0.39, 0.29) is 23.9 Å². The summed E-state index contributed by atoms with van der Waals surface area (Å²) in [7, 11) is 0. The average molecular weight is 398 g/mol. The summed E-state index contributed by atoms with van der Waals surface area (Å²) < 4.78 is 15.4. The second kappa shape index (κ2) is 8.11. The maximum absolute atomic E-state index is 13.3. The van der Waals surface area contributed by atoms with Crippen molar-refractivity contribution in [2.75, 3.05) is 13.1 Å². The number of aliphatic hydroxyl groups excluding tert-OH is 1. The Morgan fingerprint density at radius 3 is 2.69 bits per heavy atom. The minimum atomic E-state index is -0.465. The molecule has 4 rings (SSSR count). The fourth-order valence-corrected chi connectivity index (χ4v) is 4.63. The van der Waals surface area contributed by atoms with Gasteiger partial charge in [-0.1, -0.05) is 12.1 Å². The van der Waals surface area contributed by atoms with Crippen molar-refractivity contribution in [1.82, 2.24) is 9.47 Å². The fourth-order valence-electron chi connectivity index (χ4n) is 4.63. The van der Waals surface area contributed by atoms with Crippen LogP contribution in [-0.2, 0) is 24.2 Å². The number of aliphatic hydroxyl groups is 1. The number of fused-ring (bicyclic) bond motifs is 1. The summed E-state index contributed by atoms with van der Waals surface area (Å²) in [6.45, 7) is 3.53. The molecule has 6 heteroatoms. The Morgan fingerprint density at radius 1 is 1.21 bits per heavy atom. The molecule has 1 amide bonds. The molecule has 1 saturated heterocycles. The number of piperidine rings is 1. The van der Waals surface area contributed by atoms with Gasteiger partial charge in [0.05, 0.1) is 12.5 Å². The number of β-amino-alcohol motifs (C(OH)–C–C–N with tert-alkyl or cyclic N) is 1. The third-order valence-electron chi connectivity index (χ3n) is 6.19. The number of ketones is 1. The first-order chi connectivity index (χ1) is 13.9. The molecule has 1 N–H and O–H groups in total. The van der Waals surface area contributed by atoms with Crippen molar-refractivity contribution in [2.45, 2.75) is 58.1 Å². The van der Waals surface area contributed by atoms with E-state index >= 15 is 0 Å². The Kier molecular flexibility index (Phi) is 5.54. The number of amides is 1. The minimum Gasteiger partial charge on any atom is -0.391 e. The van der Waals surface area contributed by atoms with Crippen LogP contribution in [0.3, 0.4) is 0 Å². The number of likely N-dealkylation sites (tertiary alicyclic amines) is 1. The molecule has 1 atom stereocenters. The van der Waals surface area contributed by atoms with Gasteiger partial charge >= 0.3 is 0 Å². The molecule has 5 nitrogen and oxygen atoms in total. The van der Waals surface area contributed by atoms with E-state index in [1.54, 1.807) is 17.0 Å². The largest absolute Gasteiger partial charge is 0.391 e. The molecule has 154 valence electrons. The predicted molar refractivity (Wildman–Crippen MR) is 107 cm³/mol. The first-order valence-electron chi connectivity index (χ1n) is 10.4. The molecule has 29 heavy (non-hydrogen) atoms. The number of nitrogens with zero attached hydrogens (tertiary/aromatic N) is 2. The second-order valence-corrected chi connectivity index (χ2v) is 8.19. The van der Waals surface area contributed by atoms with Crippen molar-refractivity contribution in [3.05, 3.63) is 58.2 Å². The van der Waals surface area contributed by atoms with Crippen molar-refractivity contribution < 1.29 is 19.1 Å². The highest BCUT2D eigenvalue weighted by Crippen LogP contribution is 2.31. The Balaban J connectivity index is 1.66. The fraction of sp³-hybridized carbons (Fsp3) is 0.478. The summed E-state index contributed by atoms with van der Waals surface area (Å²) >= 11 is 0. The van der Waals surface area contributed by atoms with Gasteiger partial charge < -0.3 is 14.6 Å². The highest BCUT2D eigenvalue weighted by molar-refractivity contribution is 6.01. The zero-order chi connectivity index (χ0) is 20.5. The van der Waals surface area contributed by atoms with Crippen molar-refractivity contribution in [1.29, 1.82) is 0 Å². The zero-order valence-electron chi connectivity index (χ0n) is 16.8. The molecule has 1 aromatic heterocycles. The standard InChI is InChI=1S/C23H27FN2O3/c1-15-19(12-22(29)25-11-3-4-18(27)14-25)23-20(5-2-6-21(23)28)26(15)13-16-7-9-17(24)10-8-16/h7-10,18,27H,2-6,11-14H2,1H3. The third kappa shape index (κ3) is 3.99. The van der Waals surface area contributed by atoms with Gasteiger partial charge in [0.25, 0.3) is 0 Å². The van der Waals surface area contributed by atoms with Crippen LogP contribution in [0.15, 0.2) is 24.3 Å². The van der Waals surface area contributed by atoms with Gasteiger partial charge in [-0.25, -0.2) is 4.39 Å². The van der Waals surface area contributed by atoms with Gasteiger partial charge in [0.15, 0.2) is 5.78 Å². The highest BCUT2D eigenvalue weighted by Gasteiger charge is 2.31. The SMILES string of the molecule is Cc1c(CC(=O)N2CCCC(O)C2)c2c(n1Cc1ccc(F)cc1)CCCC2=O. The molecule has 2 aliphatic rings. The first kappa shape index (κ1) is 19.8. The van der Waals surface area contributed by atoms with E-state index in [1.165, 1.54) is 12.1 Å². The van der Waals surface area contributed by atoms with Crippen LogP contribution in [0.4, 0.5) is 4.39 Å². The van der Waals surface area contributed by atoms with E-state index in [4.69, 9.17) is 0 Å². The summed E-state index contributed by atoms with van der Waals surface area (Å²) in [5, 5.41) is 9.89. The van der Waals surface area contributed by atoms with Gasteiger partial charge in [-0.05, 0) is 55.9 Å². The molecule has 2 aromatic rings. The molecule has 1 aliphatic carbocycles.